The summed E-state index contributed by atoms with van der Waals surface area (Å²) in [5.74, 6) is 1.56. The Kier molecular flexibility index (Phi) is 7.39. The Hall–Kier alpha value is -2.51. The minimum atomic E-state index is 0. The molecule has 0 saturated heterocycles. The fraction of sp³-hybridized carbons (Fsp3) is 0.136. The summed E-state index contributed by atoms with van der Waals surface area (Å²) in [6, 6.07) is 18.7. The number of anilines is 2. The molecule has 8 heteroatoms. The van der Waals surface area contributed by atoms with Gasteiger partial charge in [-0.15, -0.1) is 36.2 Å². The van der Waals surface area contributed by atoms with Gasteiger partial charge in [-0.1, -0.05) is 36.4 Å². The van der Waals surface area contributed by atoms with Gasteiger partial charge in [-0.05, 0) is 34.9 Å². The van der Waals surface area contributed by atoms with Crippen molar-refractivity contribution in [2.24, 2.45) is 0 Å². The second-order valence-electron chi connectivity index (χ2n) is 6.84. The first-order valence-electron chi connectivity index (χ1n) is 9.21. The van der Waals surface area contributed by atoms with E-state index < -0.39 is 0 Å². The molecule has 4 aromatic rings. The van der Waals surface area contributed by atoms with Gasteiger partial charge in [-0.2, -0.15) is 0 Å². The predicted octanol–water partition coefficient (Wildman–Crippen LogP) is 5.70. The van der Waals surface area contributed by atoms with Crippen molar-refractivity contribution in [1.82, 2.24) is 19.9 Å². The van der Waals surface area contributed by atoms with E-state index in [9.17, 15) is 0 Å². The van der Waals surface area contributed by atoms with Crippen LogP contribution < -0.4 is 5.32 Å². The molecular formula is C22H21Cl2N5S. The van der Waals surface area contributed by atoms with Crippen LogP contribution >= 0.6 is 36.2 Å². The maximum atomic E-state index is 4.63. The number of benzene rings is 1. The van der Waals surface area contributed by atoms with E-state index >= 15 is 0 Å². The minimum Gasteiger partial charge on any atom is -0.325 e. The number of aromatic nitrogens is 3. The molecule has 5 nitrogen and oxygen atoms in total. The molecule has 1 N–H and O–H groups in total. The Morgan fingerprint density at radius 3 is 2.33 bits per heavy atom. The van der Waals surface area contributed by atoms with Gasteiger partial charge in [-0.3, -0.25) is 4.90 Å². The van der Waals surface area contributed by atoms with Crippen LogP contribution in [-0.4, -0.2) is 19.9 Å². The van der Waals surface area contributed by atoms with E-state index in [1.165, 1.54) is 16.7 Å². The van der Waals surface area contributed by atoms with Crippen molar-refractivity contribution in [3.63, 3.8) is 0 Å². The number of fused-ring (bicyclic) bond motifs is 1. The zero-order chi connectivity index (χ0) is 18.8. The molecule has 154 valence electrons. The molecule has 5 rings (SSSR count). The second kappa shape index (κ2) is 10.00. The molecule has 0 radical (unpaired) electrons. The number of rotatable bonds is 5. The Bertz CT molecular complexity index is 1060. The maximum Gasteiger partial charge on any atom is 0.141 e. The zero-order valence-corrected chi connectivity index (χ0v) is 18.5. The highest BCUT2D eigenvalue weighted by molar-refractivity contribution is 7.13. The van der Waals surface area contributed by atoms with Crippen LogP contribution in [-0.2, 0) is 19.6 Å². The van der Waals surface area contributed by atoms with E-state index in [1.807, 2.05) is 35.8 Å². The van der Waals surface area contributed by atoms with E-state index in [4.69, 9.17) is 0 Å². The average molecular weight is 458 g/mol. The molecule has 0 spiro atoms. The van der Waals surface area contributed by atoms with Gasteiger partial charge in [0.2, 0.25) is 0 Å². The van der Waals surface area contributed by atoms with Gasteiger partial charge in [0.1, 0.15) is 22.3 Å². The first kappa shape index (κ1) is 22.2. The number of hydrogen-bond acceptors (Lipinski definition) is 6. The first-order valence-corrected chi connectivity index (χ1v) is 10.1. The lowest BCUT2D eigenvalue weighted by atomic mass is 10.1. The lowest BCUT2D eigenvalue weighted by Gasteiger charge is -2.15. The minimum absolute atomic E-state index is 0. The Morgan fingerprint density at radius 2 is 1.67 bits per heavy atom. The molecule has 0 saturated carbocycles. The van der Waals surface area contributed by atoms with Crippen LogP contribution in [0.2, 0.25) is 0 Å². The van der Waals surface area contributed by atoms with E-state index in [1.54, 1.807) is 17.5 Å². The molecule has 1 aliphatic heterocycles. The van der Waals surface area contributed by atoms with Crippen LogP contribution in [0.1, 0.15) is 16.7 Å². The summed E-state index contributed by atoms with van der Waals surface area (Å²) in [6.45, 7) is 2.91. The summed E-state index contributed by atoms with van der Waals surface area (Å²) >= 11 is 1.58. The van der Waals surface area contributed by atoms with Crippen LogP contribution in [0.25, 0.3) is 10.7 Å². The number of nitrogens with one attached hydrogen (secondary N) is 1. The normalized spacial score (nSPS) is 12.5. The number of pyridine rings is 2. The zero-order valence-electron chi connectivity index (χ0n) is 16.1. The highest BCUT2D eigenvalue weighted by atomic mass is 35.5. The van der Waals surface area contributed by atoms with Crippen molar-refractivity contribution < 1.29 is 0 Å². The Balaban J connectivity index is 0.00000128. The molecule has 4 heterocycles. The molecule has 0 aliphatic carbocycles. The van der Waals surface area contributed by atoms with Crippen molar-refractivity contribution in [2.45, 2.75) is 19.6 Å². The topological polar surface area (TPSA) is 53.9 Å². The van der Waals surface area contributed by atoms with Gasteiger partial charge in [0.25, 0.3) is 0 Å². The molecule has 1 aliphatic rings. The van der Waals surface area contributed by atoms with Crippen LogP contribution in [0.3, 0.4) is 0 Å². The summed E-state index contributed by atoms with van der Waals surface area (Å²) in [6.07, 6.45) is 3.73. The summed E-state index contributed by atoms with van der Waals surface area (Å²) < 4.78 is 0. The molecule has 0 bridgehead atoms. The fourth-order valence-electron chi connectivity index (χ4n) is 3.47. The van der Waals surface area contributed by atoms with Crippen molar-refractivity contribution in [3.8, 4) is 10.7 Å². The molecule has 0 fully saturated rings. The third-order valence-electron chi connectivity index (χ3n) is 4.79. The highest BCUT2D eigenvalue weighted by Gasteiger charge is 2.18. The quantitative estimate of drug-likeness (QED) is 0.416. The Morgan fingerprint density at radius 1 is 0.867 bits per heavy atom. The smallest absolute Gasteiger partial charge is 0.141 e. The van der Waals surface area contributed by atoms with E-state index in [2.05, 4.69) is 55.5 Å². The van der Waals surface area contributed by atoms with Crippen LogP contribution in [0, 0.1) is 0 Å². The molecule has 30 heavy (non-hydrogen) atoms. The molecular weight excluding hydrogens is 437 g/mol. The van der Waals surface area contributed by atoms with Crippen molar-refractivity contribution in [3.05, 3.63) is 89.1 Å². The summed E-state index contributed by atoms with van der Waals surface area (Å²) in [4.78, 5) is 16.0. The Labute approximate surface area is 192 Å². The van der Waals surface area contributed by atoms with E-state index in [0.717, 1.165) is 42.0 Å². The third-order valence-corrected chi connectivity index (χ3v) is 5.59. The molecule has 3 aromatic heterocycles. The highest BCUT2D eigenvalue weighted by Crippen LogP contribution is 2.25. The lowest BCUT2D eigenvalue weighted by molar-refractivity contribution is 0.275. The van der Waals surface area contributed by atoms with Gasteiger partial charge < -0.3 is 5.32 Å². The van der Waals surface area contributed by atoms with E-state index in [-0.39, 0.29) is 24.8 Å². The number of nitrogens with zero attached hydrogens (tertiary/aromatic N) is 4. The lowest BCUT2D eigenvalue weighted by Crippen LogP contribution is -2.15. The van der Waals surface area contributed by atoms with Crippen LogP contribution in [0.15, 0.2) is 72.4 Å². The number of hydrogen-bond donors (Lipinski definition) is 1. The average Bonchev–Trinajstić information content (AvgIpc) is 3.39. The predicted molar refractivity (Wildman–Crippen MR) is 127 cm³/mol. The first-order chi connectivity index (χ1) is 13.8. The van der Waals surface area contributed by atoms with Crippen molar-refractivity contribution in [2.75, 3.05) is 5.32 Å². The summed E-state index contributed by atoms with van der Waals surface area (Å²) in [7, 11) is 0. The molecule has 0 atom stereocenters. The summed E-state index contributed by atoms with van der Waals surface area (Å²) in [5.41, 5.74) is 4.94. The molecule has 0 amide bonds. The monoisotopic (exact) mass is 457 g/mol. The van der Waals surface area contributed by atoms with Crippen LogP contribution in [0.5, 0.6) is 0 Å². The van der Waals surface area contributed by atoms with Gasteiger partial charge in [0.15, 0.2) is 0 Å². The largest absolute Gasteiger partial charge is 0.325 e. The number of thiazole rings is 1. The number of halogens is 2. The van der Waals surface area contributed by atoms with Crippen LogP contribution in [0.4, 0.5) is 11.6 Å². The summed E-state index contributed by atoms with van der Waals surface area (Å²) in [5, 5.41) is 6.15. The van der Waals surface area contributed by atoms with Gasteiger partial charge >= 0.3 is 0 Å². The van der Waals surface area contributed by atoms with Gasteiger partial charge in [-0.25, -0.2) is 15.0 Å². The standard InChI is InChI=1S/C22H19N5S.2ClH/c1-2-5-18-15-27(14-17(18)4-1)13-16-8-9-20(24-12-16)26-21-7-3-6-19(25-21)22-23-10-11-28-22;;/h1-12H,13-15H2,(H,24,25,26);2*1H. The molecule has 0 unspecified atom stereocenters. The second-order valence-corrected chi connectivity index (χ2v) is 7.73. The van der Waals surface area contributed by atoms with Gasteiger partial charge in [0.05, 0.1) is 0 Å². The van der Waals surface area contributed by atoms with Crippen molar-refractivity contribution in [1.29, 1.82) is 0 Å². The van der Waals surface area contributed by atoms with Gasteiger partial charge in [0, 0.05) is 37.4 Å². The fourth-order valence-corrected chi connectivity index (χ4v) is 4.08. The SMILES string of the molecule is Cl.Cl.c1cc(Nc2ccc(CN3Cc4ccccc4C3)cn2)nc(-c2nccs2)c1. The molecule has 1 aromatic carbocycles. The maximum absolute atomic E-state index is 4.63. The third kappa shape index (κ3) is 4.96. The van der Waals surface area contributed by atoms with Crippen molar-refractivity contribution >= 4 is 47.8 Å². The van der Waals surface area contributed by atoms with E-state index in [0.29, 0.717) is 0 Å².